The maximum Gasteiger partial charge on any atom is 0.269 e. The van der Waals surface area contributed by atoms with Crippen molar-refractivity contribution in [2.45, 2.75) is 163 Å². The fourth-order valence-electron chi connectivity index (χ4n) is 11.5. The molecule has 0 saturated carbocycles. The van der Waals surface area contributed by atoms with Crippen LogP contribution in [-0.2, 0) is 43.2 Å². The predicted octanol–water partition coefficient (Wildman–Crippen LogP) is 20.2. The maximum absolute atomic E-state index is 15.5. The molecule has 3 atom stereocenters. The third-order valence-corrected chi connectivity index (χ3v) is 25.0. The molecule has 0 aliphatic rings. The van der Waals surface area contributed by atoms with Gasteiger partial charge < -0.3 is 25.4 Å². The number of ether oxygens (including phenoxy) is 2. The Morgan fingerprint density at radius 3 is 1.20 bits per heavy atom. The van der Waals surface area contributed by atoms with Gasteiger partial charge in [0.1, 0.15) is 55.8 Å². The zero-order valence-corrected chi connectivity index (χ0v) is 69.7. The highest BCUT2D eigenvalue weighted by atomic mass is 79.9. The Balaban J connectivity index is 0.000000291. The van der Waals surface area contributed by atoms with Gasteiger partial charge >= 0.3 is 0 Å². The summed E-state index contributed by atoms with van der Waals surface area (Å²) < 4.78 is 197. The molecule has 590 valence electrons. The van der Waals surface area contributed by atoms with Gasteiger partial charge in [0.15, 0.2) is 20.5 Å². The molecule has 19 nitrogen and oxygen atoms in total. The number of aromatic nitrogens is 3. The van der Waals surface area contributed by atoms with E-state index in [1.165, 1.54) is 26.4 Å². The average Bonchev–Trinajstić information content (AvgIpc) is 1.72. The summed E-state index contributed by atoms with van der Waals surface area (Å²) in [7, 11) is -11.3. The van der Waals surface area contributed by atoms with Gasteiger partial charge in [0.25, 0.3) is 30.1 Å². The van der Waals surface area contributed by atoms with Gasteiger partial charge in [0.2, 0.25) is 10.3 Å². The third-order valence-electron chi connectivity index (χ3n) is 16.8. The zero-order valence-electron chi connectivity index (χ0n) is 64.2. The molecule has 108 heavy (non-hydrogen) atoms. The van der Waals surface area contributed by atoms with Crippen LogP contribution < -0.4 is 38.8 Å². The number of aryl methyl sites for hydroxylation is 2. The number of nitrogens with one attached hydrogen (secondary N) is 4. The monoisotopic (exact) mass is 1680 g/mol. The normalized spacial score (nSPS) is 12.7. The SMILES string of the molecule is CC[C@H](CNc1cc(F)c(S(=O)(=O)N(Cc2ccc(OC)cc2C)c2ncc(F)s2)cc1Br)CC(C)(C)C.CC[C@H](CNc1cc(F)c(S(=O)(=O)N(Cc2ccc(OC)cc2C)c2ncc(F)s2)cc1C#N)CC(C)(C)C.CC[C@H](CNc1cc(F)c(S(=O)(=O)Nc2ncc(F)s2)cc1C#N)CC(C)(C)C.[2H]CF. The van der Waals surface area contributed by atoms with E-state index in [2.05, 4.69) is 130 Å². The Labute approximate surface area is 653 Å². The minimum Gasteiger partial charge on any atom is -0.497 e. The molecule has 8 aromatic rings. The molecule has 3 heterocycles. The molecule has 0 saturated heterocycles. The molecule has 0 amide bonds. The first-order valence-electron chi connectivity index (χ1n) is 34.8. The molecule has 33 heteroatoms. The van der Waals surface area contributed by atoms with Crippen molar-refractivity contribution in [3.05, 3.63) is 162 Å². The predicted molar refractivity (Wildman–Crippen MR) is 422 cm³/mol. The number of methoxy groups -OCH3 is 2. The molecule has 0 aliphatic heterocycles. The van der Waals surface area contributed by atoms with Crippen LogP contribution in [-0.4, -0.2) is 81.2 Å². The van der Waals surface area contributed by atoms with E-state index in [-0.39, 0.29) is 73.1 Å². The number of anilines is 6. The van der Waals surface area contributed by atoms with Crippen LogP contribution in [0.25, 0.3) is 0 Å². The van der Waals surface area contributed by atoms with Crippen molar-refractivity contribution >= 4 is 112 Å². The van der Waals surface area contributed by atoms with Crippen LogP contribution in [0.1, 0.15) is 156 Å². The lowest BCUT2D eigenvalue weighted by atomic mass is 9.83. The topological polar surface area (TPSA) is 262 Å². The summed E-state index contributed by atoms with van der Waals surface area (Å²) in [5.74, 6) is -0.767. The van der Waals surface area contributed by atoms with Gasteiger partial charge in [-0.3, -0.25) is 9.11 Å². The number of nitriles is 2. The second-order valence-electron chi connectivity index (χ2n) is 29.0. The van der Waals surface area contributed by atoms with Crippen LogP contribution >= 0.6 is 49.9 Å². The average molecular weight is 1680 g/mol. The van der Waals surface area contributed by atoms with E-state index >= 15 is 8.78 Å². The standard InChI is InChI=1S/C28H34F2N4O3S2.C27H34BrF2N3O3S2.C19H24F2N4O2S2.CH3F/c1-7-19(13-28(3,4)5)15-32-24-12-23(29)25(11-21(24)14-31)39(35,36)34(27-33-16-26(30)38-27)17-20-8-9-22(37-6)10-18(20)2;1-7-18(13-27(3,4)5)14-31-23-12-22(29)24(11-21(23)28)38(34,35)33(26-32-15-25(30)37-26)16-19-8-9-20(36-6)10-17(19)2;1-5-12(8-19(2,3)4)10-23-15-7-14(20)16(6-13(15)9-22)29(26,27)25-18-24-11-17(21)28-18;1-2/h8-12,16,19,32H,7,13,15,17H2,1-6H3;8-12,15,18,31H,7,13-14,16H2,1-6H3;6-7,11-12,23H,5,8,10H2,1-4H3,(H,24,25);1H3/t19-;18-;12-;/m000./s1/i;;;1D. The van der Waals surface area contributed by atoms with E-state index in [0.717, 1.165) is 101 Å². The molecule has 3 aromatic heterocycles. The van der Waals surface area contributed by atoms with E-state index < -0.39 is 84.8 Å². The summed E-state index contributed by atoms with van der Waals surface area (Å²) in [5.41, 5.74) is 4.04. The largest absolute Gasteiger partial charge is 0.497 e. The number of halogens is 8. The summed E-state index contributed by atoms with van der Waals surface area (Å²) in [6.07, 6.45) is 8.35. The van der Waals surface area contributed by atoms with E-state index in [1.54, 1.807) is 43.3 Å². The van der Waals surface area contributed by atoms with Crippen LogP contribution in [0.2, 0.25) is 0 Å². The van der Waals surface area contributed by atoms with Crippen molar-refractivity contribution in [3.8, 4) is 23.6 Å². The Hall–Kier alpha value is -7.79. The number of sulfonamides is 3. The van der Waals surface area contributed by atoms with Gasteiger partial charge in [-0.25, -0.2) is 62.0 Å². The van der Waals surface area contributed by atoms with Crippen LogP contribution in [0.5, 0.6) is 11.5 Å². The molecule has 5 aromatic carbocycles. The minimum absolute atomic E-state index is 0.00251. The Bertz CT molecular complexity index is 4810. The molecule has 0 fully saturated rings. The smallest absolute Gasteiger partial charge is 0.269 e. The Morgan fingerprint density at radius 2 is 0.880 bits per heavy atom. The third kappa shape index (κ3) is 26.2. The highest BCUT2D eigenvalue weighted by Crippen LogP contribution is 2.39. The molecule has 0 unspecified atom stereocenters. The number of hydrogen-bond donors (Lipinski definition) is 4. The maximum atomic E-state index is 15.5. The van der Waals surface area contributed by atoms with Gasteiger partial charge in [0, 0.05) is 24.1 Å². The van der Waals surface area contributed by atoms with Crippen molar-refractivity contribution < 1.29 is 66.8 Å². The molecule has 8 rings (SSSR count). The first-order valence-corrected chi connectivity index (χ1v) is 41.7. The number of alkyl halides is 1. The molecule has 4 N–H and O–H groups in total. The number of nitrogens with zero attached hydrogens (tertiary/aromatic N) is 7. The Kier molecular flexibility index (Phi) is 32.8. The lowest BCUT2D eigenvalue weighted by Crippen LogP contribution is -2.31. The fraction of sp³-hybridized carbons (Fsp3) is 0.453. The lowest BCUT2D eigenvalue weighted by molar-refractivity contribution is 0.296. The van der Waals surface area contributed by atoms with Gasteiger partial charge in [-0.2, -0.15) is 23.7 Å². The van der Waals surface area contributed by atoms with Crippen molar-refractivity contribution in [1.29, 1.82) is 10.5 Å². The van der Waals surface area contributed by atoms with E-state index in [4.69, 9.17) is 10.8 Å². The molecular formula is C75H95BrF7N11O8S6. The lowest BCUT2D eigenvalue weighted by Gasteiger charge is -2.26. The Morgan fingerprint density at radius 1 is 0.537 bits per heavy atom. The molecule has 0 radical (unpaired) electrons. The number of hydrogen-bond acceptors (Lipinski definition) is 19. The van der Waals surface area contributed by atoms with Crippen molar-refractivity contribution in [2.24, 2.45) is 34.0 Å². The minimum atomic E-state index is -4.58. The van der Waals surface area contributed by atoms with Crippen LogP contribution in [0.15, 0.2) is 111 Å². The van der Waals surface area contributed by atoms with Gasteiger partial charge in [-0.1, -0.05) is 148 Å². The summed E-state index contributed by atoms with van der Waals surface area (Å²) in [6, 6.07) is 20.6. The second-order valence-corrected chi connectivity index (χ2v) is 38.0. The highest BCUT2D eigenvalue weighted by molar-refractivity contribution is 9.10. The van der Waals surface area contributed by atoms with Crippen molar-refractivity contribution in [3.63, 3.8) is 0 Å². The van der Waals surface area contributed by atoms with Crippen LogP contribution in [0.3, 0.4) is 0 Å². The molecular weight excluding hydrogens is 1590 g/mol. The van der Waals surface area contributed by atoms with E-state index in [0.29, 0.717) is 98.3 Å². The van der Waals surface area contributed by atoms with E-state index in [9.17, 15) is 57.7 Å². The van der Waals surface area contributed by atoms with E-state index in [1.807, 2.05) is 23.8 Å². The van der Waals surface area contributed by atoms with Crippen molar-refractivity contribution in [2.75, 3.05) is 70.3 Å². The summed E-state index contributed by atoms with van der Waals surface area (Å²) in [5, 5.41) is 26.2. The van der Waals surface area contributed by atoms with Gasteiger partial charge in [-0.15, -0.1) is 0 Å². The van der Waals surface area contributed by atoms with Crippen LogP contribution in [0, 0.1) is 103 Å². The fourth-order valence-corrected chi connectivity index (χ4v) is 18.7. The van der Waals surface area contributed by atoms with Gasteiger partial charge in [0.05, 0.1) is 82.6 Å². The number of thiazole rings is 3. The highest BCUT2D eigenvalue weighted by Gasteiger charge is 2.35. The molecule has 0 aliphatic carbocycles. The summed E-state index contributed by atoms with van der Waals surface area (Å²) in [6.45, 7) is 30.5. The zero-order chi connectivity index (χ0) is 81.7. The number of rotatable bonds is 30. The van der Waals surface area contributed by atoms with Gasteiger partial charge in [-0.05, 0) is 166 Å². The summed E-state index contributed by atoms with van der Waals surface area (Å²) in [4.78, 5) is 9.50. The molecule has 0 spiro atoms. The van der Waals surface area contributed by atoms with Crippen LogP contribution in [0.4, 0.5) is 63.2 Å². The quantitative estimate of drug-likeness (QED) is 0.0305. The second kappa shape index (κ2) is 39.7. The molecule has 0 bridgehead atoms. The first-order chi connectivity index (χ1) is 50.9. The number of benzene rings is 5. The first kappa shape index (κ1) is 89.1. The summed E-state index contributed by atoms with van der Waals surface area (Å²) >= 11 is 5.00. The van der Waals surface area contributed by atoms with Crippen molar-refractivity contribution in [1.82, 2.24) is 15.0 Å².